The monoisotopic (exact) mass is 484 g/mol. The van der Waals surface area contributed by atoms with Crippen LogP contribution in [0, 0.1) is 17.2 Å². The maximum atomic E-state index is 13.2. The summed E-state index contributed by atoms with van der Waals surface area (Å²) in [7, 11) is -1.80. The lowest BCUT2D eigenvalue weighted by atomic mass is 9.85. The van der Waals surface area contributed by atoms with Gasteiger partial charge in [0.05, 0.1) is 35.2 Å². The van der Waals surface area contributed by atoms with Gasteiger partial charge in [0.15, 0.2) is 0 Å². The average Bonchev–Trinajstić information content (AvgIpc) is 3.63. The SMILES string of the molecule is CC1COCCN1C(=O)C1CCC(NS(=O)(=O)c2ccc3c(C#N)c(C4CC4)n(C)c3c2)CC1. The summed E-state index contributed by atoms with van der Waals surface area (Å²) < 4.78 is 36.7. The third-order valence-electron chi connectivity index (χ3n) is 7.65. The van der Waals surface area contributed by atoms with E-state index in [0.29, 0.717) is 56.9 Å². The van der Waals surface area contributed by atoms with Crippen molar-refractivity contribution in [3.05, 3.63) is 29.5 Å². The first-order valence-electron chi connectivity index (χ1n) is 12.2. The molecule has 2 saturated carbocycles. The van der Waals surface area contributed by atoms with Gasteiger partial charge >= 0.3 is 0 Å². The van der Waals surface area contributed by atoms with Crippen LogP contribution in [0.1, 0.15) is 62.6 Å². The second-order valence-corrected chi connectivity index (χ2v) is 11.7. The minimum absolute atomic E-state index is 0.0497. The van der Waals surface area contributed by atoms with Crippen LogP contribution in [-0.4, -0.2) is 55.6 Å². The van der Waals surface area contributed by atoms with Gasteiger partial charge in [-0.05, 0) is 57.6 Å². The van der Waals surface area contributed by atoms with Gasteiger partial charge < -0.3 is 14.2 Å². The highest BCUT2D eigenvalue weighted by atomic mass is 32.2. The van der Waals surface area contributed by atoms with Gasteiger partial charge in [-0.15, -0.1) is 0 Å². The van der Waals surface area contributed by atoms with Gasteiger partial charge in [0.25, 0.3) is 0 Å². The molecule has 1 unspecified atom stereocenters. The summed E-state index contributed by atoms with van der Waals surface area (Å²) in [5.74, 6) is 0.515. The number of morpholine rings is 1. The molecule has 0 bridgehead atoms. The van der Waals surface area contributed by atoms with Crippen LogP contribution in [0.2, 0.25) is 0 Å². The lowest BCUT2D eigenvalue weighted by molar-refractivity contribution is -0.144. The van der Waals surface area contributed by atoms with E-state index in [1.54, 1.807) is 18.2 Å². The molecule has 8 nitrogen and oxygen atoms in total. The Kier molecular flexibility index (Phi) is 6.17. The van der Waals surface area contributed by atoms with E-state index < -0.39 is 10.0 Å². The van der Waals surface area contributed by atoms with Crippen LogP contribution in [0.25, 0.3) is 10.9 Å². The van der Waals surface area contributed by atoms with Crippen molar-refractivity contribution >= 4 is 26.8 Å². The number of aromatic nitrogens is 1. The Labute approximate surface area is 200 Å². The first-order chi connectivity index (χ1) is 16.3. The van der Waals surface area contributed by atoms with Crippen molar-refractivity contribution in [2.45, 2.75) is 68.3 Å². The van der Waals surface area contributed by atoms with E-state index in [1.165, 1.54) is 0 Å². The van der Waals surface area contributed by atoms with Crippen LogP contribution < -0.4 is 4.72 Å². The molecular weight excluding hydrogens is 452 g/mol. The Balaban J connectivity index is 1.28. The number of hydrogen-bond acceptors (Lipinski definition) is 5. The summed E-state index contributed by atoms with van der Waals surface area (Å²) in [6.07, 6.45) is 4.80. The van der Waals surface area contributed by atoms with E-state index in [2.05, 4.69) is 10.8 Å². The first kappa shape index (κ1) is 23.3. The summed E-state index contributed by atoms with van der Waals surface area (Å²) in [4.78, 5) is 15.1. The molecule has 3 fully saturated rings. The number of ether oxygens (including phenoxy) is 1. The average molecular weight is 485 g/mol. The maximum Gasteiger partial charge on any atom is 0.240 e. The zero-order chi connectivity index (χ0) is 24.0. The summed E-state index contributed by atoms with van der Waals surface area (Å²) in [5.41, 5.74) is 2.45. The van der Waals surface area contributed by atoms with Crippen molar-refractivity contribution < 1.29 is 17.9 Å². The van der Waals surface area contributed by atoms with Gasteiger partial charge in [0.2, 0.25) is 15.9 Å². The van der Waals surface area contributed by atoms with E-state index >= 15 is 0 Å². The number of aryl methyl sites for hydroxylation is 1. The predicted octanol–water partition coefficient (Wildman–Crippen LogP) is 3.01. The fourth-order valence-corrected chi connectivity index (χ4v) is 6.91. The minimum atomic E-state index is -3.71. The first-order valence-corrected chi connectivity index (χ1v) is 13.7. The molecule has 1 aliphatic heterocycles. The van der Waals surface area contributed by atoms with E-state index in [0.717, 1.165) is 29.4 Å². The van der Waals surface area contributed by atoms with Crippen molar-refractivity contribution in [2.75, 3.05) is 19.8 Å². The third kappa shape index (κ3) is 4.23. The van der Waals surface area contributed by atoms with Crippen molar-refractivity contribution in [2.24, 2.45) is 13.0 Å². The second-order valence-electron chi connectivity index (χ2n) is 10.0. The summed E-state index contributed by atoms with van der Waals surface area (Å²) in [5, 5.41) is 10.5. The normalized spacial score (nSPS) is 25.9. The molecule has 9 heteroatoms. The molecule has 1 amide bonds. The largest absolute Gasteiger partial charge is 0.377 e. The van der Waals surface area contributed by atoms with Gasteiger partial charge in [0.1, 0.15) is 6.07 Å². The Morgan fingerprint density at radius 3 is 2.56 bits per heavy atom. The number of rotatable bonds is 5. The molecule has 0 spiro atoms. The Morgan fingerprint density at radius 2 is 1.91 bits per heavy atom. The number of nitrogens with zero attached hydrogens (tertiary/aromatic N) is 3. The van der Waals surface area contributed by atoms with Crippen LogP contribution in [0.4, 0.5) is 0 Å². The Hall–Kier alpha value is -2.41. The lowest BCUT2D eigenvalue weighted by Gasteiger charge is -2.37. The number of nitriles is 1. The fourth-order valence-electron chi connectivity index (χ4n) is 5.59. The standard InChI is InChI=1S/C25H32N4O4S/c1-16-15-33-12-11-29(16)25(30)18-5-7-19(8-6-18)27-34(31,32)20-9-10-21-22(14-26)24(17-3-4-17)28(2)23(21)13-20/h9-10,13,16-19,27H,3-8,11-12,15H2,1-2H3. The van der Waals surface area contributed by atoms with E-state index in [9.17, 15) is 18.5 Å². The second kappa shape index (κ2) is 8.99. The number of hydrogen-bond donors (Lipinski definition) is 1. The lowest BCUT2D eigenvalue weighted by Crippen LogP contribution is -2.50. The van der Waals surface area contributed by atoms with Gasteiger partial charge in [0, 0.05) is 42.6 Å². The highest BCUT2D eigenvalue weighted by molar-refractivity contribution is 7.89. The molecule has 5 rings (SSSR count). The Morgan fingerprint density at radius 1 is 1.18 bits per heavy atom. The van der Waals surface area contributed by atoms with Crippen LogP contribution >= 0.6 is 0 Å². The molecule has 1 N–H and O–H groups in total. The van der Waals surface area contributed by atoms with Crippen LogP contribution in [0.3, 0.4) is 0 Å². The summed E-state index contributed by atoms with van der Waals surface area (Å²) in [6, 6.07) is 7.26. The molecule has 0 radical (unpaired) electrons. The molecule has 2 aromatic rings. The van der Waals surface area contributed by atoms with Gasteiger partial charge in [-0.1, -0.05) is 6.07 Å². The number of benzene rings is 1. The molecule has 2 heterocycles. The highest BCUT2D eigenvalue weighted by Crippen LogP contribution is 2.44. The van der Waals surface area contributed by atoms with Crippen molar-refractivity contribution in [1.82, 2.24) is 14.2 Å². The van der Waals surface area contributed by atoms with Gasteiger partial charge in [-0.25, -0.2) is 13.1 Å². The van der Waals surface area contributed by atoms with E-state index in [4.69, 9.17) is 4.74 Å². The number of carbonyl (C=O) groups excluding carboxylic acids is 1. The summed E-state index contributed by atoms with van der Waals surface area (Å²) in [6.45, 7) is 3.79. The van der Waals surface area contributed by atoms with Crippen LogP contribution in [0.5, 0.6) is 0 Å². The maximum absolute atomic E-state index is 13.2. The number of carbonyl (C=O) groups is 1. The molecule has 1 atom stereocenters. The predicted molar refractivity (Wildman–Crippen MR) is 128 cm³/mol. The van der Waals surface area contributed by atoms with Crippen molar-refractivity contribution in [1.29, 1.82) is 5.26 Å². The zero-order valence-corrected chi connectivity index (χ0v) is 20.6. The van der Waals surface area contributed by atoms with Gasteiger partial charge in [-0.2, -0.15) is 5.26 Å². The van der Waals surface area contributed by atoms with E-state index in [1.807, 2.05) is 23.4 Å². The number of nitrogens with one attached hydrogen (secondary N) is 1. The van der Waals surface area contributed by atoms with E-state index in [-0.39, 0.29) is 28.8 Å². The molecule has 34 heavy (non-hydrogen) atoms. The van der Waals surface area contributed by atoms with Gasteiger partial charge in [-0.3, -0.25) is 4.79 Å². The minimum Gasteiger partial charge on any atom is -0.377 e. The Bertz CT molecular complexity index is 1250. The summed E-state index contributed by atoms with van der Waals surface area (Å²) >= 11 is 0. The molecule has 3 aliphatic rings. The highest BCUT2D eigenvalue weighted by Gasteiger charge is 2.35. The quantitative estimate of drug-likeness (QED) is 0.703. The van der Waals surface area contributed by atoms with Crippen molar-refractivity contribution in [3.8, 4) is 6.07 Å². The fraction of sp³-hybridized carbons (Fsp3) is 0.600. The smallest absolute Gasteiger partial charge is 0.240 e. The number of fused-ring (bicyclic) bond motifs is 1. The topological polar surface area (TPSA) is 104 Å². The third-order valence-corrected chi connectivity index (χ3v) is 9.17. The molecular formula is C25H32N4O4S. The number of sulfonamides is 1. The zero-order valence-electron chi connectivity index (χ0n) is 19.8. The van der Waals surface area contributed by atoms with Crippen LogP contribution in [0.15, 0.2) is 23.1 Å². The molecule has 1 saturated heterocycles. The van der Waals surface area contributed by atoms with Crippen molar-refractivity contribution in [3.63, 3.8) is 0 Å². The number of amides is 1. The molecule has 182 valence electrons. The molecule has 1 aromatic heterocycles. The molecule has 2 aliphatic carbocycles. The molecule has 1 aromatic carbocycles. The van der Waals surface area contributed by atoms with Crippen LogP contribution in [-0.2, 0) is 26.6 Å².